The summed E-state index contributed by atoms with van der Waals surface area (Å²) in [6.45, 7) is 13.7. The molecule has 11 amide bonds. The zero-order valence-electron chi connectivity index (χ0n) is 70.6. The number of ether oxygens (including phenoxy) is 2. The van der Waals surface area contributed by atoms with Gasteiger partial charge in [-0.3, -0.25) is 62.3 Å². The Kier molecular flexibility index (Phi) is 39.2. The van der Waals surface area contributed by atoms with Crippen LogP contribution in [0.3, 0.4) is 0 Å². The maximum atomic E-state index is 15.1. The number of H-pyrrole nitrogens is 1. The highest BCUT2D eigenvalue weighted by Crippen LogP contribution is 2.24. The van der Waals surface area contributed by atoms with Gasteiger partial charge in [0.25, 0.3) is 0 Å². The number of likely N-dealkylation sites (tertiary alicyclic amines) is 1. The number of para-hydroxylation sites is 1. The molecule has 0 unspecified atom stereocenters. The van der Waals surface area contributed by atoms with E-state index in [4.69, 9.17) is 20.9 Å². The molecule has 33 heteroatoms. The van der Waals surface area contributed by atoms with E-state index in [1.54, 1.807) is 143 Å². The van der Waals surface area contributed by atoms with Crippen LogP contribution in [0.2, 0.25) is 0 Å². The van der Waals surface area contributed by atoms with Crippen LogP contribution in [0.15, 0.2) is 151 Å². The molecule has 0 radical (unpaired) electrons. The molecular weight excluding hydrogens is 1590 g/mol. The normalized spacial score (nSPS) is 15.6. The molecule has 0 spiro atoms. The number of carboxylic acid groups (broad SMARTS) is 1. The van der Waals surface area contributed by atoms with E-state index in [1.165, 1.54) is 37.9 Å². The molecule has 1 aliphatic rings. The Morgan fingerprint density at radius 2 is 1.17 bits per heavy atom. The molecule has 1 aliphatic heterocycles. The standard InChI is InChI=1S/C89H118N14O18S/c1-10-54(6)76(102-87(117)77(55(7)11-2)101-80(110)65(91)43-58-34-36-63(104)37-35-58)86(116)95-67(32-20-21-39-90)81(111)93-48-73(105)100-75(52(3)4)85(115)97-68(44-57-24-14-12-15-25-57)82(112)96-69(45-62-47-92-66-31-19-18-30-64(62)66)83(113)98-70(46-74(106)107)88(118)103-40-23-33-72(103)84(114)94-56(8)79(109)99-71(89(119)120-9)51-122-41-38-53(5)49-121-50-59-26-22-29-61(42-59)78(108)60-27-16-13-17-28-60/h12-19,22,24-31,34-38,42,47,52,54-56,65,67-72,75-77,92,104H,10-11,20-21,23,32-33,39-41,43-46,48-51,90-91H2,1-9H3,(H,93,111)(H,94,114)(H,95,116)(H,96,112)(H,97,115)(H,98,113)(H,99,109)(H,100,105)(H,101,110)(H,102,117)(H,106,107)/b53-38-/t54-,55-,56-,65-,67-,68-,69-,70-,71-,72-,75-,76-,77-/m0/s1. The van der Waals surface area contributed by atoms with E-state index < -0.39 is 174 Å². The van der Waals surface area contributed by atoms with Gasteiger partial charge in [-0.1, -0.05) is 175 Å². The Morgan fingerprint density at radius 3 is 1.82 bits per heavy atom. The summed E-state index contributed by atoms with van der Waals surface area (Å²) < 4.78 is 10.9. The van der Waals surface area contributed by atoms with Gasteiger partial charge in [0.2, 0.25) is 65.0 Å². The largest absolute Gasteiger partial charge is 0.508 e. The molecule has 1 fully saturated rings. The minimum absolute atomic E-state index is 0.0376. The molecule has 0 bridgehead atoms. The summed E-state index contributed by atoms with van der Waals surface area (Å²) in [6.07, 6.45) is 4.26. The third-order valence-electron chi connectivity index (χ3n) is 21.3. The van der Waals surface area contributed by atoms with Crippen molar-refractivity contribution < 1.29 is 86.8 Å². The molecule has 6 aromatic rings. The molecule has 2 heterocycles. The summed E-state index contributed by atoms with van der Waals surface area (Å²) in [5.74, 6) is -12.4. The Morgan fingerprint density at radius 1 is 0.598 bits per heavy atom. The lowest BCUT2D eigenvalue weighted by atomic mass is 9.94. The number of carbonyl (C=O) groups is 14. The number of nitrogens with zero attached hydrogens (tertiary/aromatic N) is 1. The summed E-state index contributed by atoms with van der Waals surface area (Å²) in [4.78, 5) is 201. The fourth-order valence-corrected chi connectivity index (χ4v) is 14.7. The Bertz CT molecular complexity index is 4590. The van der Waals surface area contributed by atoms with Crippen LogP contribution >= 0.6 is 11.8 Å². The van der Waals surface area contributed by atoms with Gasteiger partial charge in [-0.05, 0) is 123 Å². The number of aromatic amines is 1. The number of carboxylic acids is 1. The van der Waals surface area contributed by atoms with Crippen LogP contribution in [0.25, 0.3) is 10.9 Å². The zero-order valence-corrected chi connectivity index (χ0v) is 71.4. The number of thioether (sulfide) groups is 1. The van der Waals surface area contributed by atoms with Crippen LogP contribution in [0.4, 0.5) is 0 Å². The number of rotatable bonds is 49. The number of amides is 11. The van der Waals surface area contributed by atoms with Gasteiger partial charge in [0.15, 0.2) is 5.78 Å². The number of hydrogen-bond acceptors (Lipinski definition) is 20. The second-order valence-electron chi connectivity index (χ2n) is 31.1. The molecule has 32 nitrogen and oxygen atoms in total. The summed E-state index contributed by atoms with van der Waals surface area (Å²) in [5, 5.41) is 47.5. The third kappa shape index (κ3) is 30.1. The third-order valence-corrected chi connectivity index (χ3v) is 22.2. The van der Waals surface area contributed by atoms with Crippen molar-refractivity contribution in [2.45, 2.75) is 199 Å². The highest BCUT2D eigenvalue weighted by Gasteiger charge is 2.42. The maximum Gasteiger partial charge on any atom is 0.329 e. The minimum Gasteiger partial charge on any atom is -0.508 e. The Hall–Kier alpha value is -11.8. The summed E-state index contributed by atoms with van der Waals surface area (Å²) in [5.41, 5.74) is 17.3. The molecular formula is C89H118N14O18S. The first-order valence-corrected chi connectivity index (χ1v) is 42.4. The Balaban J connectivity index is 0.994. The van der Waals surface area contributed by atoms with Crippen LogP contribution in [0, 0.1) is 17.8 Å². The molecule has 5 aromatic carbocycles. The highest BCUT2D eigenvalue weighted by atomic mass is 32.2. The van der Waals surface area contributed by atoms with Crippen LogP contribution in [0.1, 0.15) is 145 Å². The van der Waals surface area contributed by atoms with E-state index in [9.17, 15) is 67.7 Å². The first-order chi connectivity index (χ1) is 58.3. The molecule has 0 aliphatic carbocycles. The van der Waals surface area contributed by atoms with Crippen molar-refractivity contribution in [3.8, 4) is 5.75 Å². The number of phenols is 1. The van der Waals surface area contributed by atoms with Gasteiger partial charge in [-0.2, -0.15) is 11.8 Å². The lowest BCUT2D eigenvalue weighted by Gasteiger charge is -2.30. The van der Waals surface area contributed by atoms with Crippen LogP contribution in [0.5, 0.6) is 5.75 Å². The first-order valence-electron chi connectivity index (χ1n) is 41.3. The van der Waals surface area contributed by atoms with Gasteiger partial charge < -0.3 is 94.2 Å². The van der Waals surface area contributed by atoms with Crippen molar-refractivity contribution in [2.75, 3.05) is 44.9 Å². The monoisotopic (exact) mass is 1700 g/mol. The number of esters is 1. The van der Waals surface area contributed by atoms with E-state index in [-0.39, 0.29) is 82.1 Å². The van der Waals surface area contributed by atoms with E-state index in [0.717, 1.165) is 16.0 Å². The van der Waals surface area contributed by atoms with Gasteiger partial charge in [0.05, 0.1) is 39.3 Å². The fraction of sp³-hybridized carbons (Fsp3) is 0.461. The van der Waals surface area contributed by atoms with Gasteiger partial charge in [0.1, 0.15) is 66.2 Å². The van der Waals surface area contributed by atoms with Gasteiger partial charge in [0, 0.05) is 59.1 Å². The number of phenolic OH excluding ortho intramolecular Hbond substituents is 1. The second kappa shape index (κ2) is 49.2. The number of fused-ring (bicyclic) bond motifs is 1. The van der Waals surface area contributed by atoms with Crippen molar-refractivity contribution in [1.82, 2.24) is 63.1 Å². The predicted octanol–water partition coefficient (Wildman–Crippen LogP) is 4.37. The summed E-state index contributed by atoms with van der Waals surface area (Å²) in [7, 11) is 1.17. The van der Waals surface area contributed by atoms with Crippen LogP contribution < -0.4 is 64.6 Å². The molecule has 122 heavy (non-hydrogen) atoms. The second-order valence-corrected chi connectivity index (χ2v) is 32.2. The number of nitrogens with two attached hydrogens (primary N) is 2. The van der Waals surface area contributed by atoms with Crippen molar-refractivity contribution in [1.29, 1.82) is 0 Å². The van der Waals surface area contributed by atoms with Gasteiger partial charge in [-0.25, -0.2) is 4.79 Å². The van der Waals surface area contributed by atoms with Crippen molar-refractivity contribution in [3.63, 3.8) is 0 Å². The molecule has 658 valence electrons. The fourth-order valence-electron chi connectivity index (χ4n) is 13.7. The number of nitrogens with one attached hydrogen (secondary N) is 11. The number of methoxy groups -OCH3 is 1. The van der Waals surface area contributed by atoms with Crippen LogP contribution in [-0.4, -0.2) is 214 Å². The first kappa shape index (κ1) is 97.3. The zero-order chi connectivity index (χ0) is 89.1. The molecule has 17 N–H and O–H groups in total. The number of unbranched alkanes of at least 4 members (excludes halogenated alkanes) is 1. The van der Waals surface area contributed by atoms with Crippen molar-refractivity contribution in [3.05, 3.63) is 185 Å². The van der Waals surface area contributed by atoms with Gasteiger partial charge in [-0.15, -0.1) is 0 Å². The Labute approximate surface area is 715 Å². The molecule has 13 atom stereocenters. The molecule has 1 saturated heterocycles. The van der Waals surface area contributed by atoms with Crippen molar-refractivity contribution >= 4 is 105 Å². The van der Waals surface area contributed by atoms with E-state index in [0.29, 0.717) is 70.2 Å². The van der Waals surface area contributed by atoms with Gasteiger partial charge >= 0.3 is 11.9 Å². The average Bonchev–Trinajstić information content (AvgIpc) is 1.66. The number of hydrogen-bond donors (Lipinski definition) is 15. The van der Waals surface area contributed by atoms with E-state index in [1.807, 2.05) is 39.0 Å². The summed E-state index contributed by atoms with van der Waals surface area (Å²) >= 11 is 1.32. The highest BCUT2D eigenvalue weighted by molar-refractivity contribution is 7.99. The number of ketones is 1. The molecule has 0 saturated carbocycles. The number of aromatic hydroxyl groups is 1. The van der Waals surface area contributed by atoms with E-state index in [2.05, 4.69) is 58.2 Å². The lowest BCUT2D eigenvalue weighted by molar-refractivity contribution is -0.146. The van der Waals surface area contributed by atoms with Crippen LogP contribution in [-0.2, 0) is 97.7 Å². The average molecular weight is 1700 g/mol. The molecule has 1 aromatic heterocycles. The number of carbonyl (C=O) groups excluding carboxylic acids is 13. The predicted molar refractivity (Wildman–Crippen MR) is 461 cm³/mol. The quantitative estimate of drug-likeness (QED) is 0.0109. The number of benzene rings is 5. The summed E-state index contributed by atoms with van der Waals surface area (Å²) in [6, 6.07) is 23.3. The smallest absolute Gasteiger partial charge is 0.329 e. The maximum absolute atomic E-state index is 15.1. The van der Waals surface area contributed by atoms with E-state index >= 15 is 9.59 Å². The topological polar surface area (TPSA) is 489 Å². The van der Waals surface area contributed by atoms with Crippen molar-refractivity contribution in [2.24, 2.45) is 29.2 Å². The molecule has 7 rings (SSSR count). The lowest BCUT2D eigenvalue weighted by Crippen LogP contribution is -2.61. The minimum atomic E-state index is -1.84. The number of aromatic nitrogens is 1. The number of aliphatic carboxylic acids is 1. The SMILES string of the molecule is CC[C@H](C)[C@H](NC(=O)[C@@H](NC(=O)[C@@H](N)Cc1ccc(O)cc1)[C@@H](C)CC)C(=O)N[C@@H](CCCCN)C(=O)NCC(=O)N[C@H](C(=O)N[C@@H](Cc1ccccc1)C(=O)N[C@@H](Cc1c[nH]c2ccccc12)C(=O)N[C@@H](CC(=O)O)C(=O)N1CCC[C@H]1C(=O)N[C@@H](C)C(=O)N[C@@H](CSC/C=C(/C)COCc1cccc(C(=O)c2ccccc2)c1)C(=O)OC)C(C)C.